The summed E-state index contributed by atoms with van der Waals surface area (Å²) in [5.74, 6) is -0.0257. The van der Waals surface area contributed by atoms with Crippen molar-refractivity contribution < 1.29 is 4.79 Å². The number of halogens is 1. The largest absolute Gasteiger partial charge is 0.397 e. The molecule has 116 valence electrons. The molecule has 1 saturated heterocycles. The predicted octanol–water partition coefficient (Wildman–Crippen LogP) is 1.24. The van der Waals surface area contributed by atoms with E-state index in [2.05, 4.69) is 23.9 Å². The number of benzene rings is 1. The topological polar surface area (TPSA) is 52.8 Å². The van der Waals surface area contributed by atoms with Gasteiger partial charge in [0.15, 0.2) is 0 Å². The number of carbonyl (C=O) groups is 1. The summed E-state index contributed by atoms with van der Waals surface area (Å²) in [5, 5.41) is 0.436. The summed E-state index contributed by atoms with van der Waals surface area (Å²) in [5.41, 5.74) is 6.78. The lowest BCUT2D eigenvalue weighted by atomic mass is 10.1. The quantitative estimate of drug-likeness (QED) is 0.850. The van der Waals surface area contributed by atoms with Gasteiger partial charge in [-0.15, -0.1) is 0 Å². The molecule has 0 aliphatic carbocycles. The van der Waals surface area contributed by atoms with E-state index < -0.39 is 0 Å². The van der Waals surface area contributed by atoms with Gasteiger partial charge in [0.05, 0.1) is 16.3 Å². The highest BCUT2D eigenvalue weighted by Crippen LogP contribution is 2.24. The van der Waals surface area contributed by atoms with Crippen LogP contribution in [0.3, 0.4) is 0 Å². The van der Waals surface area contributed by atoms with E-state index in [1.807, 2.05) is 4.90 Å². The Bertz CT molecular complexity index is 498. The number of piperazine rings is 1. The molecule has 21 heavy (non-hydrogen) atoms. The van der Waals surface area contributed by atoms with Gasteiger partial charge in [-0.2, -0.15) is 0 Å². The maximum absolute atomic E-state index is 12.5. The lowest BCUT2D eigenvalue weighted by Gasteiger charge is -2.35. The van der Waals surface area contributed by atoms with E-state index in [4.69, 9.17) is 17.3 Å². The Kier molecular flexibility index (Phi) is 5.45. The summed E-state index contributed by atoms with van der Waals surface area (Å²) >= 11 is 5.98. The van der Waals surface area contributed by atoms with E-state index in [1.54, 1.807) is 18.2 Å². The number of likely N-dealkylation sites (N-methyl/N-ethyl adjacent to an activating group) is 1. The van der Waals surface area contributed by atoms with Crippen molar-refractivity contribution in [1.29, 1.82) is 0 Å². The van der Waals surface area contributed by atoms with Crippen molar-refractivity contribution in [3.8, 4) is 0 Å². The van der Waals surface area contributed by atoms with E-state index in [0.717, 1.165) is 39.3 Å². The van der Waals surface area contributed by atoms with E-state index in [1.165, 1.54) is 0 Å². The molecule has 2 N–H and O–H groups in total. The molecule has 0 bridgehead atoms. The molecular weight excluding hydrogens is 288 g/mol. The molecule has 1 aliphatic heterocycles. The molecular formula is C15H23ClN4O. The standard InChI is InChI=1S/C15H23ClN4O/c1-18(2)6-7-19-8-10-20(11-9-19)15(21)12-4-3-5-13(16)14(12)17/h3-5H,6-11,17H2,1-2H3. The lowest BCUT2D eigenvalue weighted by molar-refractivity contribution is 0.0631. The zero-order valence-corrected chi connectivity index (χ0v) is 13.4. The zero-order valence-electron chi connectivity index (χ0n) is 12.7. The van der Waals surface area contributed by atoms with E-state index in [9.17, 15) is 4.79 Å². The molecule has 2 rings (SSSR count). The summed E-state index contributed by atoms with van der Waals surface area (Å²) in [7, 11) is 4.14. The monoisotopic (exact) mass is 310 g/mol. The van der Waals surface area contributed by atoms with Crippen LogP contribution in [0.25, 0.3) is 0 Å². The highest BCUT2D eigenvalue weighted by molar-refractivity contribution is 6.33. The van der Waals surface area contributed by atoms with Gasteiger partial charge in [0.1, 0.15) is 0 Å². The molecule has 0 aromatic heterocycles. The van der Waals surface area contributed by atoms with E-state index >= 15 is 0 Å². The number of hydrogen-bond acceptors (Lipinski definition) is 4. The molecule has 1 aromatic rings. The van der Waals surface area contributed by atoms with Gasteiger partial charge in [-0.3, -0.25) is 9.69 Å². The Morgan fingerprint density at radius 2 is 1.95 bits per heavy atom. The van der Waals surface area contributed by atoms with Crippen molar-refractivity contribution in [2.75, 3.05) is 59.1 Å². The maximum Gasteiger partial charge on any atom is 0.256 e. The molecule has 1 fully saturated rings. The van der Waals surface area contributed by atoms with Crippen molar-refractivity contribution >= 4 is 23.2 Å². The molecule has 5 nitrogen and oxygen atoms in total. The SMILES string of the molecule is CN(C)CCN1CCN(C(=O)c2cccc(Cl)c2N)CC1. The van der Waals surface area contributed by atoms with Crippen LogP contribution in [0.15, 0.2) is 18.2 Å². The Balaban J connectivity index is 1.93. The predicted molar refractivity (Wildman–Crippen MR) is 86.8 cm³/mol. The van der Waals surface area contributed by atoms with Crippen molar-refractivity contribution in [2.45, 2.75) is 0 Å². The van der Waals surface area contributed by atoms with Crippen LogP contribution < -0.4 is 5.73 Å². The van der Waals surface area contributed by atoms with Gasteiger partial charge in [0.25, 0.3) is 5.91 Å². The Labute approximate surface area is 131 Å². The number of anilines is 1. The molecule has 1 aromatic carbocycles. The van der Waals surface area contributed by atoms with Gasteiger partial charge in [-0.1, -0.05) is 17.7 Å². The minimum Gasteiger partial charge on any atom is -0.397 e. The van der Waals surface area contributed by atoms with Crippen LogP contribution in [0.2, 0.25) is 5.02 Å². The first-order chi connectivity index (χ1) is 9.99. The highest BCUT2D eigenvalue weighted by atomic mass is 35.5. The maximum atomic E-state index is 12.5. The van der Waals surface area contributed by atoms with Crippen LogP contribution in [0, 0.1) is 0 Å². The van der Waals surface area contributed by atoms with Crippen LogP contribution >= 0.6 is 11.6 Å². The average molecular weight is 311 g/mol. The normalized spacial score (nSPS) is 16.5. The van der Waals surface area contributed by atoms with Crippen LogP contribution in [-0.4, -0.2) is 74.0 Å². The summed E-state index contributed by atoms with van der Waals surface area (Å²) in [6, 6.07) is 5.20. The minimum absolute atomic E-state index is 0.0257. The summed E-state index contributed by atoms with van der Waals surface area (Å²) in [4.78, 5) is 18.9. The molecule has 0 unspecified atom stereocenters. The van der Waals surface area contributed by atoms with Gasteiger partial charge < -0.3 is 15.5 Å². The van der Waals surface area contributed by atoms with Crippen molar-refractivity contribution in [3.63, 3.8) is 0 Å². The molecule has 0 atom stereocenters. The highest BCUT2D eigenvalue weighted by Gasteiger charge is 2.23. The van der Waals surface area contributed by atoms with Gasteiger partial charge in [-0.05, 0) is 26.2 Å². The first-order valence-electron chi connectivity index (χ1n) is 7.19. The Morgan fingerprint density at radius 3 is 2.57 bits per heavy atom. The smallest absolute Gasteiger partial charge is 0.256 e. The Hall–Kier alpha value is -1.30. The third-order valence-electron chi connectivity index (χ3n) is 3.81. The summed E-state index contributed by atoms with van der Waals surface area (Å²) in [6.07, 6.45) is 0. The van der Waals surface area contributed by atoms with Crippen LogP contribution in [0.5, 0.6) is 0 Å². The number of nitrogen functional groups attached to an aromatic ring is 1. The van der Waals surface area contributed by atoms with E-state index in [-0.39, 0.29) is 5.91 Å². The molecule has 1 aliphatic rings. The van der Waals surface area contributed by atoms with Crippen LogP contribution in [0.1, 0.15) is 10.4 Å². The number of nitrogens with zero attached hydrogens (tertiary/aromatic N) is 3. The average Bonchev–Trinajstić information content (AvgIpc) is 2.48. The fourth-order valence-corrected chi connectivity index (χ4v) is 2.58. The van der Waals surface area contributed by atoms with Gasteiger partial charge in [-0.25, -0.2) is 0 Å². The lowest BCUT2D eigenvalue weighted by Crippen LogP contribution is -2.50. The summed E-state index contributed by atoms with van der Waals surface area (Å²) < 4.78 is 0. The second kappa shape index (κ2) is 7.11. The number of para-hydroxylation sites is 1. The van der Waals surface area contributed by atoms with Gasteiger partial charge >= 0.3 is 0 Å². The zero-order chi connectivity index (χ0) is 15.4. The first kappa shape index (κ1) is 16.1. The van der Waals surface area contributed by atoms with Crippen molar-refractivity contribution in [1.82, 2.24) is 14.7 Å². The third kappa shape index (κ3) is 4.09. The minimum atomic E-state index is -0.0257. The van der Waals surface area contributed by atoms with Crippen molar-refractivity contribution in [2.24, 2.45) is 0 Å². The molecule has 0 radical (unpaired) electrons. The fourth-order valence-electron chi connectivity index (χ4n) is 2.41. The molecule has 0 saturated carbocycles. The van der Waals surface area contributed by atoms with E-state index in [0.29, 0.717) is 16.3 Å². The molecule has 1 heterocycles. The molecule has 0 spiro atoms. The Morgan fingerprint density at radius 1 is 1.29 bits per heavy atom. The number of hydrogen-bond donors (Lipinski definition) is 1. The number of nitrogens with two attached hydrogens (primary N) is 1. The van der Waals surface area contributed by atoms with Crippen molar-refractivity contribution in [3.05, 3.63) is 28.8 Å². The van der Waals surface area contributed by atoms with Crippen LogP contribution in [0.4, 0.5) is 5.69 Å². The number of carbonyl (C=O) groups excluding carboxylic acids is 1. The fraction of sp³-hybridized carbons (Fsp3) is 0.533. The van der Waals surface area contributed by atoms with Gasteiger partial charge in [0.2, 0.25) is 0 Å². The second-order valence-electron chi connectivity index (χ2n) is 5.64. The van der Waals surface area contributed by atoms with Crippen LogP contribution in [-0.2, 0) is 0 Å². The van der Waals surface area contributed by atoms with Gasteiger partial charge in [0, 0.05) is 39.3 Å². The second-order valence-corrected chi connectivity index (χ2v) is 6.05. The summed E-state index contributed by atoms with van der Waals surface area (Å²) in [6.45, 7) is 5.35. The number of amides is 1. The number of rotatable bonds is 4. The molecule has 6 heteroatoms. The first-order valence-corrected chi connectivity index (χ1v) is 7.57. The molecule has 1 amide bonds. The third-order valence-corrected chi connectivity index (χ3v) is 4.14.